The van der Waals surface area contributed by atoms with Gasteiger partial charge in [-0.1, -0.05) is 36.4 Å². The summed E-state index contributed by atoms with van der Waals surface area (Å²) in [4.78, 5) is 25.7. The molecule has 5 rings (SSSR count). The molecule has 31 heavy (non-hydrogen) atoms. The monoisotopic (exact) mass is 432 g/mol. The van der Waals surface area contributed by atoms with Crippen molar-refractivity contribution in [3.8, 4) is 5.75 Å². The number of hydrogen-bond donors (Lipinski definition) is 2. The number of carbonyl (C=O) groups is 2. The summed E-state index contributed by atoms with van der Waals surface area (Å²) >= 11 is 1.31. The number of amides is 2. The number of carbonyl (C=O) groups excluding carboxylic acids is 2. The van der Waals surface area contributed by atoms with E-state index in [2.05, 4.69) is 16.7 Å². The van der Waals surface area contributed by atoms with E-state index in [0.717, 1.165) is 49.2 Å². The minimum absolute atomic E-state index is 0.0484. The molecule has 1 saturated carbocycles. The highest BCUT2D eigenvalue weighted by atomic mass is 32.1. The predicted molar refractivity (Wildman–Crippen MR) is 122 cm³/mol. The molecule has 0 spiro atoms. The molecule has 2 aliphatic rings. The molecule has 2 N–H and O–H groups in total. The minimum atomic E-state index is -0.271. The molecule has 0 radical (unpaired) electrons. The topological polar surface area (TPSA) is 67.4 Å². The Kier molecular flexibility index (Phi) is 5.47. The van der Waals surface area contributed by atoms with Gasteiger partial charge in [0.25, 0.3) is 5.91 Å². The number of anilines is 1. The Balaban J connectivity index is 1.38. The van der Waals surface area contributed by atoms with Gasteiger partial charge < -0.3 is 15.4 Å². The molecule has 2 aromatic carbocycles. The van der Waals surface area contributed by atoms with Crippen molar-refractivity contribution < 1.29 is 14.3 Å². The second-order valence-electron chi connectivity index (χ2n) is 8.06. The molecule has 1 atom stereocenters. The Morgan fingerprint density at radius 3 is 2.65 bits per heavy atom. The molecule has 0 saturated heterocycles. The molecular weight excluding hydrogens is 408 g/mol. The summed E-state index contributed by atoms with van der Waals surface area (Å²) < 4.78 is 5.75. The smallest absolute Gasteiger partial charge is 0.262 e. The summed E-state index contributed by atoms with van der Waals surface area (Å²) in [7, 11) is 0. The zero-order chi connectivity index (χ0) is 21.2. The van der Waals surface area contributed by atoms with Crippen molar-refractivity contribution in [1.29, 1.82) is 0 Å². The Labute approximate surface area is 185 Å². The lowest BCUT2D eigenvalue weighted by atomic mass is 9.94. The molecular formula is C25H24N2O3S. The predicted octanol–water partition coefficient (Wildman–Crippen LogP) is 4.94. The van der Waals surface area contributed by atoms with E-state index < -0.39 is 0 Å². The Hall–Kier alpha value is -3.12. The molecule has 3 aromatic rings. The van der Waals surface area contributed by atoms with Gasteiger partial charge in [0.1, 0.15) is 5.75 Å². The number of nitrogens with one attached hydrogen (secondary N) is 2. The SMILES string of the molecule is O=C(NC(c1ccccc1)c1ccc2c(c1)CCCO2)c1ccc(NC(=O)C2CC2)s1. The molecule has 1 aromatic heterocycles. The normalized spacial score (nSPS) is 16.0. The Bertz CT molecular complexity index is 1100. The number of rotatable bonds is 6. The van der Waals surface area contributed by atoms with Crippen LogP contribution in [0.4, 0.5) is 5.00 Å². The van der Waals surface area contributed by atoms with E-state index in [0.29, 0.717) is 9.88 Å². The van der Waals surface area contributed by atoms with Crippen LogP contribution in [0.1, 0.15) is 51.7 Å². The molecule has 2 heterocycles. The first-order valence-electron chi connectivity index (χ1n) is 10.7. The highest BCUT2D eigenvalue weighted by Gasteiger charge is 2.30. The summed E-state index contributed by atoms with van der Waals surface area (Å²) in [5, 5.41) is 6.82. The van der Waals surface area contributed by atoms with Gasteiger partial charge >= 0.3 is 0 Å². The average Bonchev–Trinajstić information content (AvgIpc) is 3.57. The van der Waals surface area contributed by atoms with E-state index in [1.165, 1.54) is 16.9 Å². The van der Waals surface area contributed by atoms with Gasteiger partial charge in [0.05, 0.1) is 22.5 Å². The standard InChI is InChI=1S/C25H24N2O3S/c28-24(17-8-9-17)26-22-13-12-21(31-22)25(29)27-23(16-5-2-1-3-6-16)19-10-11-20-18(15-19)7-4-14-30-20/h1-3,5-6,10-13,15,17,23H,4,7-9,14H2,(H,26,28)(H,27,29). The van der Waals surface area contributed by atoms with Gasteiger partial charge in [-0.15, -0.1) is 11.3 Å². The van der Waals surface area contributed by atoms with Gasteiger partial charge in [-0.25, -0.2) is 0 Å². The van der Waals surface area contributed by atoms with Crippen molar-refractivity contribution in [3.63, 3.8) is 0 Å². The van der Waals surface area contributed by atoms with Crippen molar-refractivity contribution in [1.82, 2.24) is 5.32 Å². The maximum atomic E-state index is 13.1. The number of aryl methyl sites for hydroxylation is 1. The summed E-state index contributed by atoms with van der Waals surface area (Å²) in [5.74, 6) is 0.962. The van der Waals surface area contributed by atoms with Gasteiger partial charge in [-0.3, -0.25) is 9.59 Å². The molecule has 2 amide bonds. The molecule has 1 fully saturated rings. The Morgan fingerprint density at radius 2 is 1.84 bits per heavy atom. The van der Waals surface area contributed by atoms with Crippen LogP contribution in [0.3, 0.4) is 0 Å². The number of hydrogen-bond acceptors (Lipinski definition) is 4. The van der Waals surface area contributed by atoms with Crippen LogP contribution in [0.15, 0.2) is 60.7 Å². The van der Waals surface area contributed by atoms with Crippen molar-refractivity contribution in [2.24, 2.45) is 5.92 Å². The fourth-order valence-corrected chi connectivity index (χ4v) is 4.68. The highest BCUT2D eigenvalue weighted by molar-refractivity contribution is 7.18. The van der Waals surface area contributed by atoms with Crippen molar-refractivity contribution >= 4 is 28.2 Å². The fourth-order valence-electron chi connectivity index (χ4n) is 3.86. The van der Waals surface area contributed by atoms with Gasteiger partial charge in [0, 0.05) is 5.92 Å². The number of benzene rings is 2. The zero-order valence-corrected chi connectivity index (χ0v) is 17.9. The largest absolute Gasteiger partial charge is 0.493 e. The van der Waals surface area contributed by atoms with Crippen LogP contribution in [0.25, 0.3) is 0 Å². The van der Waals surface area contributed by atoms with Gasteiger partial charge in [0.2, 0.25) is 5.91 Å². The van der Waals surface area contributed by atoms with Gasteiger partial charge in [-0.2, -0.15) is 0 Å². The Morgan fingerprint density at radius 1 is 1.00 bits per heavy atom. The van der Waals surface area contributed by atoms with E-state index in [1.54, 1.807) is 12.1 Å². The lowest BCUT2D eigenvalue weighted by Crippen LogP contribution is -2.29. The first-order valence-corrected chi connectivity index (χ1v) is 11.5. The number of ether oxygens (including phenoxy) is 1. The third-order valence-corrected chi connectivity index (χ3v) is 6.70. The second-order valence-corrected chi connectivity index (χ2v) is 9.15. The van der Waals surface area contributed by atoms with Crippen LogP contribution < -0.4 is 15.4 Å². The van der Waals surface area contributed by atoms with E-state index in [4.69, 9.17) is 4.74 Å². The van der Waals surface area contributed by atoms with E-state index in [9.17, 15) is 9.59 Å². The van der Waals surface area contributed by atoms with Crippen LogP contribution in [0.2, 0.25) is 0 Å². The van der Waals surface area contributed by atoms with Crippen LogP contribution >= 0.6 is 11.3 Å². The lowest BCUT2D eigenvalue weighted by molar-refractivity contribution is -0.117. The molecule has 1 unspecified atom stereocenters. The maximum Gasteiger partial charge on any atom is 0.262 e. The summed E-state index contributed by atoms with van der Waals surface area (Å²) in [6.45, 7) is 0.753. The summed E-state index contributed by atoms with van der Waals surface area (Å²) in [5.41, 5.74) is 3.23. The van der Waals surface area contributed by atoms with E-state index in [1.807, 2.05) is 42.5 Å². The average molecular weight is 433 g/mol. The van der Waals surface area contributed by atoms with Crippen LogP contribution in [-0.4, -0.2) is 18.4 Å². The third-order valence-electron chi connectivity index (χ3n) is 5.70. The molecule has 0 bridgehead atoms. The van der Waals surface area contributed by atoms with Crippen LogP contribution in [0, 0.1) is 5.92 Å². The quantitative estimate of drug-likeness (QED) is 0.580. The van der Waals surface area contributed by atoms with E-state index >= 15 is 0 Å². The second kappa shape index (κ2) is 8.55. The highest BCUT2D eigenvalue weighted by Crippen LogP contribution is 2.33. The maximum absolute atomic E-state index is 13.1. The van der Waals surface area contributed by atoms with E-state index in [-0.39, 0.29) is 23.8 Å². The third kappa shape index (κ3) is 4.49. The molecule has 6 heteroatoms. The van der Waals surface area contributed by atoms with Crippen molar-refractivity contribution in [2.75, 3.05) is 11.9 Å². The summed E-state index contributed by atoms with van der Waals surface area (Å²) in [6, 6.07) is 19.4. The summed E-state index contributed by atoms with van der Waals surface area (Å²) in [6.07, 6.45) is 3.89. The first kappa shape index (κ1) is 19.8. The number of thiophene rings is 1. The number of fused-ring (bicyclic) bond motifs is 1. The molecule has 5 nitrogen and oxygen atoms in total. The minimum Gasteiger partial charge on any atom is -0.493 e. The molecule has 158 valence electrons. The first-order chi connectivity index (χ1) is 15.2. The van der Waals surface area contributed by atoms with Crippen LogP contribution in [-0.2, 0) is 11.2 Å². The zero-order valence-electron chi connectivity index (χ0n) is 17.1. The lowest BCUT2D eigenvalue weighted by Gasteiger charge is -2.23. The fraction of sp³-hybridized carbons (Fsp3) is 0.280. The molecule has 1 aliphatic heterocycles. The van der Waals surface area contributed by atoms with Crippen molar-refractivity contribution in [2.45, 2.75) is 31.7 Å². The van der Waals surface area contributed by atoms with Crippen molar-refractivity contribution in [3.05, 3.63) is 82.2 Å². The van der Waals surface area contributed by atoms with Gasteiger partial charge in [-0.05, 0) is 66.6 Å². The molecule has 1 aliphatic carbocycles. The van der Waals surface area contributed by atoms with Crippen LogP contribution in [0.5, 0.6) is 5.75 Å². The van der Waals surface area contributed by atoms with Gasteiger partial charge in [0.15, 0.2) is 0 Å².